The van der Waals surface area contributed by atoms with Crippen molar-refractivity contribution in [1.29, 1.82) is 0 Å². The van der Waals surface area contributed by atoms with Crippen molar-refractivity contribution >= 4 is 23.2 Å². The number of anilines is 1. The molecule has 1 amide bonds. The number of hydrogen-bond donors (Lipinski definition) is 1. The van der Waals surface area contributed by atoms with Crippen LogP contribution >= 0.6 is 0 Å². The number of methoxy groups -OCH3 is 1. The Morgan fingerprint density at radius 1 is 0.815 bits per heavy atom. The van der Waals surface area contributed by atoms with Gasteiger partial charge in [0, 0.05) is 22.3 Å². The average molecular weight is 357 g/mol. The average Bonchev–Trinajstić information content (AvgIpc) is 2.72. The third-order valence-corrected chi connectivity index (χ3v) is 4.53. The molecule has 0 bridgehead atoms. The fourth-order valence-electron chi connectivity index (χ4n) is 3.21. The van der Waals surface area contributed by atoms with Gasteiger partial charge >= 0.3 is 0 Å². The van der Waals surface area contributed by atoms with Crippen molar-refractivity contribution < 1.29 is 19.1 Å². The standard InChI is InChI=1S/C22H15NO4/c1-27-14-7-4-6-13(12-14)22(26)23-18-11-5-10-17-19(18)21(25)16-9-3-2-8-15(16)20(17)24/h2-12H,1H3,(H,23,26). The maximum atomic E-state index is 13.0. The van der Waals surface area contributed by atoms with Crippen molar-refractivity contribution in [2.24, 2.45) is 0 Å². The van der Waals surface area contributed by atoms with Crippen LogP contribution in [0.2, 0.25) is 0 Å². The Kier molecular flexibility index (Phi) is 4.05. The van der Waals surface area contributed by atoms with E-state index in [1.54, 1.807) is 66.7 Å². The largest absolute Gasteiger partial charge is 0.497 e. The smallest absolute Gasteiger partial charge is 0.255 e. The molecule has 1 aliphatic carbocycles. The summed E-state index contributed by atoms with van der Waals surface area (Å²) in [6.45, 7) is 0. The molecule has 0 spiro atoms. The van der Waals surface area contributed by atoms with Crippen LogP contribution in [0.3, 0.4) is 0 Å². The van der Waals surface area contributed by atoms with Crippen molar-refractivity contribution in [3.8, 4) is 5.75 Å². The maximum absolute atomic E-state index is 13.0. The highest BCUT2D eigenvalue weighted by atomic mass is 16.5. The Morgan fingerprint density at radius 2 is 1.48 bits per heavy atom. The lowest BCUT2D eigenvalue weighted by Crippen LogP contribution is -2.23. The van der Waals surface area contributed by atoms with Gasteiger partial charge in [-0.2, -0.15) is 0 Å². The highest BCUT2D eigenvalue weighted by molar-refractivity contribution is 6.30. The SMILES string of the molecule is COc1cccc(C(=O)Nc2cccc3c2C(=O)c2ccccc2C3=O)c1. The Labute approximate surface area is 155 Å². The predicted octanol–water partition coefficient (Wildman–Crippen LogP) is 3.72. The van der Waals surface area contributed by atoms with E-state index >= 15 is 0 Å². The molecule has 0 aliphatic heterocycles. The topological polar surface area (TPSA) is 72.5 Å². The van der Waals surface area contributed by atoms with E-state index < -0.39 is 0 Å². The third kappa shape index (κ3) is 2.79. The molecule has 5 heteroatoms. The maximum Gasteiger partial charge on any atom is 0.255 e. The van der Waals surface area contributed by atoms with Gasteiger partial charge in [-0.05, 0) is 24.3 Å². The molecule has 3 aromatic rings. The van der Waals surface area contributed by atoms with Crippen molar-refractivity contribution in [2.75, 3.05) is 12.4 Å². The molecule has 0 atom stereocenters. The molecule has 0 unspecified atom stereocenters. The van der Waals surface area contributed by atoms with Crippen LogP contribution < -0.4 is 10.1 Å². The normalized spacial score (nSPS) is 12.2. The van der Waals surface area contributed by atoms with Crippen molar-refractivity contribution in [2.45, 2.75) is 0 Å². The van der Waals surface area contributed by atoms with Gasteiger partial charge in [-0.3, -0.25) is 14.4 Å². The molecule has 0 aromatic heterocycles. The molecule has 27 heavy (non-hydrogen) atoms. The second kappa shape index (κ2) is 6.53. The van der Waals surface area contributed by atoms with E-state index in [0.717, 1.165) is 0 Å². The lowest BCUT2D eigenvalue weighted by molar-refractivity contribution is 0.0978. The zero-order chi connectivity index (χ0) is 19.0. The molecule has 0 fully saturated rings. The predicted molar refractivity (Wildman–Crippen MR) is 101 cm³/mol. The van der Waals surface area contributed by atoms with Crippen LogP contribution in [0.25, 0.3) is 0 Å². The van der Waals surface area contributed by atoms with Crippen LogP contribution in [0.5, 0.6) is 5.75 Å². The molecule has 0 heterocycles. The van der Waals surface area contributed by atoms with Crippen molar-refractivity contribution in [1.82, 2.24) is 0 Å². The molecule has 0 radical (unpaired) electrons. The summed E-state index contributed by atoms with van der Waals surface area (Å²) in [7, 11) is 1.52. The van der Waals surface area contributed by atoms with Crippen molar-refractivity contribution in [3.05, 3.63) is 94.5 Å². The summed E-state index contributed by atoms with van der Waals surface area (Å²) in [5.74, 6) is -0.334. The molecule has 1 N–H and O–H groups in total. The highest BCUT2D eigenvalue weighted by Crippen LogP contribution is 2.32. The molecular weight excluding hydrogens is 342 g/mol. The van der Waals surface area contributed by atoms with Gasteiger partial charge in [0.1, 0.15) is 5.75 Å². The summed E-state index contributed by atoms with van der Waals surface area (Å²) in [5.41, 5.74) is 1.94. The number of nitrogens with one attached hydrogen (secondary N) is 1. The van der Waals surface area contributed by atoms with Crippen LogP contribution in [0.4, 0.5) is 5.69 Å². The van der Waals surface area contributed by atoms with Crippen molar-refractivity contribution in [3.63, 3.8) is 0 Å². The second-order valence-corrected chi connectivity index (χ2v) is 6.12. The first-order chi connectivity index (χ1) is 13.1. The summed E-state index contributed by atoms with van der Waals surface area (Å²) in [5, 5.41) is 2.75. The van der Waals surface area contributed by atoms with Gasteiger partial charge in [0.25, 0.3) is 5.91 Å². The Morgan fingerprint density at radius 3 is 2.22 bits per heavy atom. The number of benzene rings is 3. The van der Waals surface area contributed by atoms with Crippen LogP contribution in [0.1, 0.15) is 42.2 Å². The number of rotatable bonds is 3. The molecule has 1 aliphatic rings. The lowest BCUT2D eigenvalue weighted by atomic mass is 9.83. The number of hydrogen-bond acceptors (Lipinski definition) is 4. The zero-order valence-corrected chi connectivity index (χ0v) is 14.5. The Balaban J connectivity index is 1.75. The monoisotopic (exact) mass is 357 g/mol. The number of carbonyl (C=O) groups is 3. The van der Waals surface area contributed by atoms with Gasteiger partial charge in [-0.15, -0.1) is 0 Å². The van der Waals surface area contributed by atoms with E-state index in [4.69, 9.17) is 4.74 Å². The molecule has 4 rings (SSSR count). The number of carbonyl (C=O) groups excluding carboxylic acids is 3. The third-order valence-electron chi connectivity index (χ3n) is 4.53. The van der Waals surface area contributed by atoms with Crippen LogP contribution in [-0.2, 0) is 0 Å². The Hall–Kier alpha value is -3.73. The fourth-order valence-corrected chi connectivity index (χ4v) is 3.21. The summed E-state index contributed by atoms with van der Waals surface area (Å²) < 4.78 is 5.14. The summed E-state index contributed by atoms with van der Waals surface area (Å²) in [4.78, 5) is 38.4. The minimum absolute atomic E-state index is 0.220. The van der Waals surface area contributed by atoms with Crippen LogP contribution in [-0.4, -0.2) is 24.6 Å². The van der Waals surface area contributed by atoms with Gasteiger partial charge in [0.05, 0.1) is 18.4 Å². The Bertz CT molecular complexity index is 1100. The minimum atomic E-state index is -0.388. The lowest BCUT2D eigenvalue weighted by Gasteiger charge is -2.20. The number of ether oxygens (including phenoxy) is 1. The molecule has 0 saturated heterocycles. The quantitative estimate of drug-likeness (QED) is 0.606. The van der Waals surface area contributed by atoms with Gasteiger partial charge in [0.15, 0.2) is 11.6 Å². The highest BCUT2D eigenvalue weighted by Gasteiger charge is 2.31. The zero-order valence-electron chi connectivity index (χ0n) is 14.5. The summed E-state index contributed by atoms with van der Waals surface area (Å²) in [6, 6.07) is 18.3. The first-order valence-electron chi connectivity index (χ1n) is 8.37. The minimum Gasteiger partial charge on any atom is -0.497 e. The summed E-state index contributed by atoms with van der Waals surface area (Å²) >= 11 is 0. The van der Waals surface area contributed by atoms with E-state index in [1.807, 2.05) is 0 Å². The number of amides is 1. The molecular formula is C22H15NO4. The molecule has 132 valence electrons. The molecule has 3 aromatic carbocycles. The molecule has 5 nitrogen and oxygen atoms in total. The first kappa shape index (κ1) is 16.7. The molecule has 0 saturated carbocycles. The van der Waals surface area contributed by atoms with Crippen LogP contribution in [0.15, 0.2) is 66.7 Å². The van der Waals surface area contributed by atoms with Crippen LogP contribution in [0, 0.1) is 0 Å². The fraction of sp³-hybridized carbons (Fsp3) is 0.0455. The van der Waals surface area contributed by atoms with Gasteiger partial charge < -0.3 is 10.1 Å². The van der Waals surface area contributed by atoms with Gasteiger partial charge in [-0.25, -0.2) is 0 Å². The number of fused-ring (bicyclic) bond motifs is 2. The number of ketones is 2. The van der Waals surface area contributed by atoms with E-state index in [1.165, 1.54) is 7.11 Å². The summed E-state index contributed by atoms with van der Waals surface area (Å²) in [6.07, 6.45) is 0. The van der Waals surface area contributed by atoms with Gasteiger partial charge in [0.2, 0.25) is 0 Å². The second-order valence-electron chi connectivity index (χ2n) is 6.12. The van der Waals surface area contributed by atoms with E-state index in [2.05, 4.69) is 5.32 Å². The van der Waals surface area contributed by atoms with Gasteiger partial charge in [-0.1, -0.05) is 42.5 Å². The van der Waals surface area contributed by atoms with E-state index in [0.29, 0.717) is 33.7 Å². The van der Waals surface area contributed by atoms with E-state index in [9.17, 15) is 14.4 Å². The first-order valence-corrected chi connectivity index (χ1v) is 8.37. The van der Waals surface area contributed by atoms with E-state index in [-0.39, 0.29) is 23.0 Å².